The molecule has 1 unspecified atom stereocenters. The number of rotatable bonds is 7. The maximum absolute atomic E-state index is 11.6. The standard InChI is InChI=1S/C21H28N6O2S/c1-3-14-8-24-21(25-9-14)26-10-17-18(11-26)19(17)12-27(23)13-20(22)15-4-6-16(7-5-15)30(2,28)29/h4-9,13,17-19H,3,10-12,22-23H2,1-2H3/b20-13-/t17-,18+,19?. The number of aryl methyl sites for hydroxylation is 1. The topological polar surface area (TPSA) is 118 Å². The monoisotopic (exact) mass is 428 g/mol. The van der Waals surface area contributed by atoms with Gasteiger partial charge in [-0.05, 0) is 47.4 Å². The summed E-state index contributed by atoms with van der Waals surface area (Å²) in [6.07, 6.45) is 7.65. The van der Waals surface area contributed by atoms with Gasteiger partial charge in [-0.25, -0.2) is 24.2 Å². The number of hydrogen-bond acceptors (Lipinski definition) is 8. The van der Waals surface area contributed by atoms with Crippen LogP contribution in [0.3, 0.4) is 0 Å². The summed E-state index contributed by atoms with van der Waals surface area (Å²) < 4.78 is 23.1. The average Bonchev–Trinajstić information content (AvgIpc) is 3.15. The quantitative estimate of drug-likeness (QED) is 0.500. The molecule has 8 nitrogen and oxygen atoms in total. The van der Waals surface area contributed by atoms with E-state index >= 15 is 0 Å². The molecule has 2 aromatic rings. The molecule has 1 aromatic heterocycles. The van der Waals surface area contributed by atoms with Crippen LogP contribution in [-0.2, 0) is 16.3 Å². The Balaban J connectivity index is 1.31. The van der Waals surface area contributed by atoms with Gasteiger partial charge in [0.05, 0.1) is 10.6 Å². The van der Waals surface area contributed by atoms with Crippen LogP contribution in [0, 0.1) is 17.8 Å². The number of fused-ring (bicyclic) bond motifs is 1. The van der Waals surface area contributed by atoms with Crippen molar-refractivity contribution in [3.8, 4) is 0 Å². The summed E-state index contributed by atoms with van der Waals surface area (Å²) in [6.45, 7) is 4.75. The van der Waals surface area contributed by atoms with Crippen LogP contribution in [0.4, 0.5) is 5.95 Å². The summed E-state index contributed by atoms with van der Waals surface area (Å²) in [6, 6.07) is 6.51. The molecular weight excluding hydrogens is 400 g/mol. The van der Waals surface area contributed by atoms with Gasteiger partial charge in [0.2, 0.25) is 5.95 Å². The average molecular weight is 429 g/mol. The van der Waals surface area contributed by atoms with Gasteiger partial charge >= 0.3 is 0 Å². The maximum Gasteiger partial charge on any atom is 0.225 e. The Morgan fingerprint density at radius 2 is 1.80 bits per heavy atom. The Labute approximate surface area is 177 Å². The van der Waals surface area contributed by atoms with Crippen molar-refractivity contribution >= 4 is 21.5 Å². The van der Waals surface area contributed by atoms with Crippen LogP contribution < -0.4 is 16.5 Å². The molecular formula is C21H28N6O2S. The first-order valence-electron chi connectivity index (χ1n) is 10.1. The van der Waals surface area contributed by atoms with E-state index in [-0.39, 0.29) is 4.90 Å². The smallest absolute Gasteiger partial charge is 0.225 e. The number of nitrogens with zero attached hydrogens (tertiary/aromatic N) is 4. The summed E-state index contributed by atoms with van der Waals surface area (Å²) in [4.78, 5) is 11.5. The minimum Gasteiger partial charge on any atom is -0.397 e. The SMILES string of the molecule is CCc1cnc(N2C[C@@H]3C(CN(N)/C=C(\N)c4ccc(S(C)(=O)=O)cc4)[C@@H]3C2)nc1. The van der Waals surface area contributed by atoms with Gasteiger partial charge in [-0.1, -0.05) is 19.1 Å². The van der Waals surface area contributed by atoms with Gasteiger partial charge < -0.3 is 15.6 Å². The number of aromatic nitrogens is 2. The molecule has 1 aliphatic heterocycles. The Bertz CT molecular complexity index is 1020. The fourth-order valence-electron chi connectivity index (χ4n) is 4.22. The van der Waals surface area contributed by atoms with Crippen LogP contribution in [0.2, 0.25) is 0 Å². The zero-order valence-electron chi connectivity index (χ0n) is 17.3. The fraction of sp³-hybridized carbons (Fsp3) is 0.429. The molecule has 1 saturated carbocycles. The third-order valence-corrected chi connectivity index (χ3v) is 7.22. The Morgan fingerprint density at radius 3 is 2.33 bits per heavy atom. The summed E-state index contributed by atoms with van der Waals surface area (Å²) in [7, 11) is -3.22. The van der Waals surface area contributed by atoms with Gasteiger partial charge in [-0.15, -0.1) is 0 Å². The van der Waals surface area contributed by atoms with Crippen molar-refractivity contribution in [1.29, 1.82) is 0 Å². The predicted molar refractivity (Wildman–Crippen MR) is 117 cm³/mol. The molecule has 30 heavy (non-hydrogen) atoms. The lowest BCUT2D eigenvalue weighted by Gasteiger charge is -2.22. The number of hydrazine groups is 1. The van der Waals surface area contributed by atoms with E-state index in [1.807, 2.05) is 12.4 Å². The molecule has 3 atom stereocenters. The molecule has 9 heteroatoms. The summed E-state index contributed by atoms with van der Waals surface area (Å²) in [5.74, 6) is 8.74. The van der Waals surface area contributed by atoms with Crippen molar-refractivity contribution in [2.75, 3.05) is 30.8 Å². The second-order valence-electron chi connectivity index (χ2n) is 8.22. The Hall–Kier alpha value is -2.65. The minimum absolute atomic E-state index is 0.271. The van der Waals surface area contributed by atoms with Crippen molar-refractivity contribution in [2.24, 2.45) is 29.3 Å². The fourth-order valence-corrected chi connectivity index (χ4v) is 4.85. The van der Waals surface area contributed by atoms with E-state index in [1.165, 1.54) is 6.26 Å². The van der Waals surface area contributed by atoms with Gasteiger partial charge in [0, 0.05) is 44.5 Å². The van der Waals surface area contributed by atoms with Gasteiger partial charge in [-0.2, -0.15) is 0 Å². The van der Waals surface area contributed by atoms with E-state index in [4.69, 9.17) is 11.6 Å². The second-order valence-corrected chi connectivity index (χ2v) is 10.2. The molecule has 1 aromatic carbocycles. The van der Waals surface area contributed by atoms with Gasteiger partial charge in [0.1, 0.15) is 0 Å². The number of hydrogen-bond donors (Lipinski definition) is 2. The van der Waals surface area contributed by atoms with E-state index in [0.717, 1.165) is 43.1 Å². The van der Waals surface area contributed by atoms with E-state index < -0.39 is 9.84 Å². The lowest BCUT2D eigenvalue weighted by Crippen LogP contribution is -2.32. The first-order valence-corrected chi connectivity index (χ1v) is 12.0. The highest BCUT2D eigenvalue weighted by Crippen LogP contribution is 2.52. The molecule has 160 valence electrons. The lowest BCUT2D eigenvalue weighted by molar-refractivity contribution is 0.355. The molecule has 1 aliphatic carbocycles. The van der Waals surface area contributed by atoms with Crippen LogP contribution >= 0.6 is 0 Å². The second kappa shape index (κ2) is 7.88. The minimum atomic E-state index is -3.22. The number of benzene rings is 1. The highest BCUT2D eigenvalue weighted by molar-refractivity contribution is 7.90. The first kappa shape index (κ1) is 20.6. The normalized spacial score (nSPS) is 23.4. The molecule has 0 amide bonds. The summed E-state index contributed by atoms with van der Waals surface area (Å²) in [5, 5.41) is 1.64. The van der Waals surface area contributed by atoms with E-state index in [1.54, 1.807) is 35.5 Å². The number of nitrogens with two attached hydrogens (primary N) is 2. The number of anilines is 1. The molecule has 2 heterocycles. The van der Waals surface area contributed by atoms with Crippen molar-refractivity contribution in [3.63, 3.8) is 0 Å². The van der Waals surface area contributed by atoms with Gasteiger partial charge in [0.15, 0.2) is 9.84 Å². The number of sulfone groups is 1. The molecule has 2 fully saturated rings. The molecule has 4 rings (SSSR count). The van der Waals surface area contributed by atoms with E-state index in [2.05, 4.69) is 21.8 Å². The molecule has 0 spiro atoms. The van der Waals surface area contributed by atoms with Crippen molar-refractivity contribution in [2.45, 2.75) is 18.2 Å². The van der Waals surface area contributed by atoms with Crippen molar-refractivity contribution in [3.05, 3.63) is 54.0 Å². The predicted octanol–water partition coefficient (Wildman–Crippen LogP) is 1.26. The zero-order valence-corrected chi connectivity index (χ0v) is 18.1. The zero-order chi connectivity index (χ0) is 21.5. The van der Waals surface area contributed by atoms with Crippen LogP contribution in [0.15, 0.2) is 47.8 Å². The largest absolute Gasteiger partial charge is 0.397 e. The third-order valence-electron chi connectivity index (χ3n) is 6.10. The van der Waals surface area contributed by atoms with Crippen molar-refractivity contribution < 1.29 is 8.42 Å². The van der Waals surface area contributed by atoms with E-state index in [9.17, 15) is 8.42 Å². The molecule has 2 aliphatic rings. The van der Waals surface area contributed by atoms with Crippen LogP contribution in [0.25, 0.3) is 5.70 Å². The van der Waals surface area contributed by atoms with Crippen LogP contribution in [-0.4, -0.2) is 49.3 Å². The van der Waals surface area contributed by atoms with Crippen molar-refractivity contribution in [1.82, 2.24) is 15.0 Å². The molecule has 0 bridgehead atoms. The Morgan fingerprint density at radius 1 is 1.20 bits per heavy atom. The van der Waals surface area contributed by atoms with Crippen LogP contribution in [0.1, 0.15) is 18.1 Å². The molecule has 4 N–H and O–H groups in total. The molecule has 0 radical (unpaired) electrons. The summed E-state index contributed by atoms with van der Waals surface area (Å²) >= 11 is 0. The maximum atomic E-state index is 11.6. The Kier molecular flexibility index (Phi) is 5.42. The molecule has 1 saturated heterocycles. The highest BCUT2D eigenvalue weighted by atomic mass is 32.2. The number of piperidine rings is 1. The first-order chi connectivity index (χ1) is 14.3. The van der Waals surface area contributed by atoms with Gasteiger partial charge in [0.25, 0.3) is 0 Å². The van der Waals surface area contributed by atoms with E-state index in [0.29, 0.717) is 23.5 Å². The third kappa shape index (κ3) is 4.27. The lowest BCUT2D eigenvalue weighted by atomic mass is 10.2. The summed E-state index contributed by atoms with van der Waals surface area (Å²) in [5.41, 5.74) is 8.55. The van der Waals surface area contributed by atoms with Crippen LogP contribution in [0.5, 0.6) is 0 Å². The van der Waals surface area contributed by atoms with Gasteiger partial charge in [-0.3, -0.25) is 0 Å². The highest BCUT2D eigenvalue weighted by Gasteiger charge is 2.56.